The summed E-state index contributed by atoms with van der Waals surface area (Å²) in [6, 6.07) is 24.0. The number of rotatable bonds is 6. The monoisotopic (exact) mass is 330 g/mol. The first-order chi connectivity index (χ1) is 12.2. The van der Waals surface area contributed by atoms with Crippen molar-refractivity contribution >= 4 is 6.29 Å². The highest BCUT2D eigenvalue weighted by Crippen LogP contribution is 2.30. The number of aldehydes is 1. The molecule has 0 amide bonds. The summed E-state index contributed by atoms with van der Waals surface area (Å²) in [5, 5.41) is 0. The molecule has 2 nitrogen and oxygen atoms in total. The molecular weight excluding hydrogens is 308 g/mol. The van der Waals surface area contributed by atoms with Gasteiger partial charge in [0.1, 0.15) is 12.4 Å². The SMILES string of the molecule is CC(C)c1cccc(-c2cc(OCc3ccccc3)ccc2C=O)c1. The first-order valence-electron chi connectivity index (χ1n) is 8.53. The predicted octanol–water partition coefficient (Wildman–Crippen LogP) is 5.87. The maximum absolute atomic E-state index is 11.5. The third-order valence-corrected chi connectivity index (χ3v) is 4.26. The molecule has 0 spiro atoms. The number of ether oxygens (including phenoxy) is 1. The Kier molecular flexibility index (Phi) is 5.30. The van der Waals surface area contributed by atoms with E-state index in [1.807, 2.05) is 60.7 Å². The lowest BCUT2D eigenvalue weighted by Gasteiger charge is -2.12. The number of hydrogen-bond acceptors (Lipinski definition) is 2. The normalized spacial score (nSPS) is 10.7. The Balaban J connectivity index is 1.90. The summed E-state index contributed by atoms with van der Waals surface area (Å²) < 4.78 is 5.92. The Bertz CT molecular complexity index is 851. The lowest BCUT2D eigenvalue weighted by atomic mass is 9.95. The molecule has 3 aromatic rings. The first-order valence-corrected chi connectivity index (χ1v) is 8.53. The minimum Gasteiger partial charge on any atom is -0.489 e. The van der Waals surface area contributed by atoms with Gasteiger partial charge in [0, 0.05) is 5.56 Å². The van der Waals surface area contributed by atoms with Crippen LogP contribution in [-0.4, -0.2) is 6.29 Å². The molecule has 0 aliphatic carbocycles. The largest absolute Gasteiger partial charge is 0.489 e. The van der Waals surface area contributed by atoms with E-state index in [1.54, 1.807) is 0 Å². The van der Waals surface area contributed by atoms with Gasteiger partial charge in [-0.2, -0.15) is 0 Å². The lowest BCUT2D eigenvalue weighted by molar-refractivity contribution is 0.112. The van der Waals surface area contributed by atoms with E-state index in [0.717, 1.165) is 28.7 Å². The van der Waals surface area contributed by atoms with Gasteiger partial charge in [-0.1, -0.05) is 68.4 Å². The zero-order valence-electron chi connectivity index (χ0n) is 14.6. The average molecular weight is 330 g/mol. The van der Waals surface area contributed by atoms with E-state index in [2.05, 4.69) is 26.0 Å². The van der Waals surface area contributed by atoms with Crippen LogP contribution in [0.4, 0.5) is 0 Å². The van der Waals surface area contributed by atoms with Crippen molar-refractivity contribution in [2.24, 2.45) is 0 Å². The Hall–Kier alpha value is -2.87. The minimum atomic E-state index is 0.442. The molecule has 3 aromatic carbocycles. The van der Waals surface area contributed by atoms with Crippen molar-refractivity contribution in [3.05, 3.63) is 89.5 Å². The maximum atomic E-state index is 11.5. The van der Waals surface area contributed by atoms with Crippen LogP contribution < -0.4 is 4.74 Å². The average Bonchev–Trinajstić information content (AvgIpc) is 2.67. The molecule has 0 heterocycles. The molecule has 0 aliphatic rings. The molecular formula is C23H22O2. The molecule has 0 aliphatic heterocycles. The van der Waals surface area contributed by atoms with Gasteiger partial charge in [-0.15, -0.1) is 0 Å². The summed E-state index contributed by atoms with van der Waals surface area (Å²) in [6.07, 6.45) is 0.901. The van der Waals surface area contributed by atoms with Crippen molar-refractivity contribution in [3.8, 4) is 16.9 Å². The molecule has 126 valence electrons. The van der Waals surface area contributed by atoms with Gasteiger partial charge in [0.25, 0.3) is 0 Å². The zero-order valence-corrected chi connectivity index (χ0v) is 14.6. The molecule has 0 bridgehead atoms. The zero-order chi connectivity index (χ0) is 17.6. The predicted molar refractivity (Wildman–Crippen MR) is 102 cm³/mol. The number of carbonyl (C=O) groups is 1. The number of carbonyl (C=O) groups excluding carboxylic acids is 1. The Morgan fingerprint density at radius 2 is 1.72 bits per heavy atom. The quantitative estimate of drug-likeness (QED) is 0.528. The van der Waals surface area contributed by atoms with Crippen LogP contribution >= 0.6 is 0 Å². The van der Waals surface area contributed by atoms with Crippen LogP contribution in [0.3, 0.4) is 0 Å². The number of benzene rings is 3. The highest BCUT2D eigenvalue weighted by Gasteiger charge is 2.09. The number of hydrogen-bond donors (Lipinski definition) is 0. The van der Waals surface area contributed by atoms with E-state index >= 15 is 0 Å². The van der Waals surface area contributed by atoms with E-state index in [1.165, 1.54) is 5.56 Å². The van der Waals surface area contributed by atoms with Crippen LogP contribution in [0, 0.1) is 0 Å². The maximum Gasteiger partial charge on any atom is 0.150 e. The summed E-state index contributed by atoms with van der Waals surface area (Å²) >= 11 is 0. The van der Waals surface area contributed by atoms with Crippen LogP contribution in [0.5, 0.6) is 5.75 Å². The van der Waals surface area contributed by atoms with Crippen molar-refractivity contribution in [2.75, 3.05) is 0 Å². The molecule has 0 saturated carbocycles. The van der Waals surface area contributed by atoms with Crippen molar-refractivity contribution in [2.45, 2.75) is 26.4 Å². The van der Waals surface area contributed by atoms with E-state index in [4.69, 9.17) is 4.74 Å². The second kappa shape index (κ2) is 7.80. The fourth-order valence-electron chi connectivity index (χ4n) is 2.78. The molecule has 0 fully saturated rings. The fourth-order valence-corrected chi connectivity index (χ4v) is 2.78. The van der Waals surface area contributed by atoms with Gasteiger partial charge < -0.3 is 4.74 Å². The first kappa shape index (κ1) is 17.0. The second-order valence-electron chi connectivity index (χ2n) is 6.42. The fraction of sp³-hybridized carbons (Fsp3) is 0.174. The molecule has 0 aromatic heterocycles. The van der Waals surface area contributed by atoms with E-state index in [0.29, 0.717) is 18.1 Å². The smallest absolute Gasteiger partial charge is 0.150 e. The Morgan fingerprint density at radius 1 is 0.920 bits per heavy atom. The van der Waals surface area contributed by atoms with Crippen LogP contribution in [0.25, 0.3) is 11.1 Å². The Labute approximate surface area is 149 Å². The molecule has 3 rings (SSSR count). The van der Waals surface area contributed by atoms with E-state index < -0.39 is 0 Å². The summed E-state index contributed by atoms with van der Waals surface area (Å²) in [5.41, 5.74) is 4.99. The molecule has 2 heteroatoms. The Morgan fingerprint density at radius 3 is 2.44 bits per heavy atom. The van der Waals surface area contributed by atoms with Crippen LogP contribution in [0.15, 0.2) is 72.8 Å². The highest BCUT2D eigenvalue weighted by atomic mass is 16.5. The lowest BCUT2D eigenvalue weighted by Crippen LogP contribution is -1.97. The van der Waals surface area contributed by atoms with Crippen LogP contribution in [0.1, 0.15) is 41.3 Å². The molecule has 0 radical (unpaired) electrons. The van der Waals surface area contributed by atoms with Crippen molar-refractivity contribution < 1.29 is 9.53 Å². The summed E-state index contributed by atoms with van der Waals surface area (Å²) in [7, 11) is 0. The summed E-state index contributed by atoms with van der Waals surface area (Å²) in [6.45, 7) is 4.84. The van der Waals surface area contributed by atoms with E-state index in [9.17, 15) is 4.79 Å². The molecule has 0 saturated heterocycles. The van der Waals surface area contributed by atoms with Crippen LogP contribution in [0.2, 0.25) is 0 Å². The van der Waals surface area contributed by atoms with Crippen molar-refractivity contribution in [3.63, 3.8) is 0 Å². The van der Waals surface area contributed by atoms with Gasteiger partial charge >= 0.3 is 0 Å². The summed E-state index contributed by atoms with van der Waals surface area (Å²) in [5.74, 6) is 1.21. The van der Waals surface area contributed by atoms with Gasteiger partial charge in [-0.3, -0.25) is 4.79 Å². The molecule has 0 unspecified atom stereocenters. The third kappa shape index (κ3) is 4.16. The summed E-state index contributed by atoms with van der Waals surface area (Å²) in [4.78, 5) is 11.5. The minimum absolute atomic E-state index is 0.442. The highest BCUT2D eigenvalue weighted by molar-refractivity contribution is 5.88. The molecule has 25 heavy (non-hydrogen) atoms. The van der Waals surface area contributed by atoms with Gasteiger partial charge in [0.15, 0.2) is 6.29 Å². The van der Waals surface area contributed by atoms with Gasteiger partial charge in [-0.05, 0) is 46.4 Å². The van der Waals surface area contributed by atoms with E-state index in [-0.39, 0.29) is 0 Å². The standard InChI is InChI=1S/C23H22O2/c1-17(2)19-9-6-10-20(13-19)23-14-22(12-11-21(23)15-24)25-16-18-7-4-3-5-8-18/h3-15,17H,16H2,1-2H3. The third-order valence-electron chi connectivity index (χ3n) is 4.26. The topological polar surface area (TPSA) is 26.3 Å². The van der Waals surface area contributed by atoms with Gasteiger partial charge in [-0.25, -0.2) is 0 Å². The van der Waals surface area contributed by atoms with Crippen molar-refractivity contribution in [1.82, 2.24) is 0 Å². The van der Waals surface area contributed by atoms with Gasteiger partial charge in [0.05, 0.1) is 0 Å². The van der Waals surface area contributed by atoms with Crippen molar-refractivity contribution in [1.29, 1.82) is 0 Å². The molecule has 0 atom stereocenters. The molecule has 0 N–H and O–H groups in total. The van der Waals surface area contributed by atoms with Gasteiger partial charge in [0.2, 0.25) is 0 Å². The van der Waals surface area contributed by atoms with Crippen LogP contribution in [-0.2, 0) is 6.61 Å². The second-order valence-corrected chi connectivity index (χ2v) is 6.42.